The molecule has 1 aliphatic rings. The lowest BCUT2D eigenvalue weighted by Crippen LogP contribution is -2.34. The number of carboxylic acids is 1. The van der Waals surface area contributed by atoms with E-state index in [-0.39, 0.29) is 22.6 Å². The molecular weight excluding hydrogens is 556 g/mol. The Balaban J connectivity index is 2.30. The Labute approximate surface area is 207 Å². The normalized spacial score (nSPS) is 14.2. The number of carbonyl (C=O) groups excluding carboxylic acids is 1. The summed E-state index contributed by atoms with van der Waals surface area (Å²) in [5.41, 5.74) is 2.25. The zero-order valence-corrected chi connectivity index (χ0v) is 21.4. The lowest BCUT2D eigenvalue weighted by Gasteiger charge is -2.36. The van der Waals surface area contributed by atoms with E-state index in [2.05, 4.69) is 31.9 Å². The molecule has 0 saturated carbocycles. The maximum atomic E-state index is 13.2. The van der Waals surface area contributed by atoms with Crippen LogP contribution in [0.3, 0.4) is 0 Å². The Hall–Kier alpha value is -2.84. The molecule has 6 nitrogen and oxygen atoms in total. The molecule has 3 aromatic carbocycles. The van der Waals surface area contributed by atoms with Gasteiger partial charge < -0.3 is 20.1 Å². The highest BCUT2D eigenvalue weighted by Crippen LogP contribution is 2.54. The maximum absolute atomic E-state index is 13.2. The number of benzene rings is 3. The molecule has 0 fully saturated rings. The quantitative estimate of drug-likeness (QED) is 0.330. The van der Waals surface area contributed by atoms with E-state index in [9.17, 15) is 24.9 Å². The molecule has 3 N–H and O–H groups in total. The van der Waals surface area contributed by atoms with Gasteiger partial charge in [-0.2, -0.15) is 0 Å². The predicted octanol–water partition coefficient (Wildman–Crippen LogP) is 6.02. The van der Waals surface area contributed by atoms with Gasteiger partial charge in [-0.15, -0.1) is 0 Å². The molecule has 0 unspecified atom stereocenters. The van der Waals surface area contributed by atoms with Crippen molar-refractivity contribution in [1.82, 2.24) is 0 Å². The summed E-state index contributed by atoms with van der Waals surface area (Å²) in [6, 6.07) is 7.34. The average Bonchev–Trinajstić information content (AvgIpc) is 3.03. The van der Waals surface area contributed by atoms with Gasteiger partial charge in [-0.1, -0.05) is 31.9 Å². The van der Waals surface area contributed by atoms with E-state index >= 15 is 0 Å². The first kappa shape index (κ1) is 23.3. The molecule has 1 heterocycles. The molecule has 0 amide bonds. The summed E-state index contributed by atoms with van der Waals surface area (Å²) in [6.07, 6.45) is 0. The minimum absolute atomic E-state index is 0.0134. The smallest absolute Gasteiger partial charge is 0.340 e. The SMILES string of the molecule is Cc1c(O)cc(Br)c(C)c1C1(c2c(C)c(O)cc(Br)c2C)OC(=O)c2ccc(C(=O)O)cc21. The molecular formula is C25H20Br2O6. The van der Waals surface area contributed by atoms with Crippen molar-refractivity contribution in [2.45, 2.75) is 33.3 Å². The van der Waals surface area contributed by atoms with Crippen LogP contribution in [-0.2, 0) is 10.3 Å². The van der Waals surface area contributed by atoms with Gasteiger partial charge in [-0.05, 0) is 80.3 Å². The summed E-state index contributed by atoms with van der Waals surface area (Å²) in [7, 11) is 0. The third-order valence-electron chi connectivity index (χ3n) is 6.33. The lowest BCUT2D eigenvalue weighted by atomic mass is 9.73. The van der Waals surface area contributed by atoms with Gasteiger partial charge in [0.1, 0.15) is 11.5 Å². The Morgan fingerprint density at radius 2 is 1.33 bits per heavy atom. The van der Waals surface area contributed by atoms with Crippen LogP contribution >= 0.6 is 31.9 Å². The van der Waals surface area contributed by atoms with Crippen molar-refractivity contribution in [3.8, 4) is 11.5 Å². The van der Waals surface area contributed by atoms with Crippen LogP contribution < -0.4 is 0 Å². The van der Waals surface area contributed by atoms with Gasteiger partial charge in [0.25, 0.3) is 0 Å². The van der Waals surface area contributed by atoms with Gasteiger partial charge in [0.2, 0.25) is 0 Å². The number of hydrogen-bond donors (Lipinski definition) is 3. The number of aromatic carboxylic acids is 1. The Kier molecular flexibility index (Phi) is 5.57. The number of rotatable bonds is 3. The molecule has 0 atom stereocenters. The largest absolute Gasteiger partial charge is 0.508 e. The zero-order valence-electron chi connectivity index (χ0n) is 18.2. The fraction of sp³-hybridized carbons (Fsp3) is 0.200. The first-order valence-electron chi connectivity index (χ1n) is 10.0. The Morgan fingerprint density at radius 1 is 0.848 bits per heavy atom. The summed E-state index contributed by atoms with van der Waals surface area (Å²) in [6.45, 7) is 7.06. The molecule has 0 spiro atoms. The fourth-order valence-electron chi connectivity index (χ4n) is 4.68. The van der Waals surface area contributed by atoms with Crippen LogP contribution in [0.25, 0.3) is 0 Å². The number of esters is 1. The van der Waals surface area contributed by atoms with Crippen LogP contribution in [-0.4, -0.2) is 27.3 Å². The predicted molar refractivity (Wildman–Crippen MR) is 129 cm³/mol. The van der Waals surface area contributed by atoms with Gasteiger partial charge in [0, 0.05) is 25.6 Å². The molecule has 0 radical (unpaired) electrons. The molecule has 33 heavy (non-hydrogen) atoms. The number of fused-ring (bicyclic) bond motifs is 1. The topological polar surface area (TPSA) is 104 Å². The van der Waals surface area contributed by atoms with Crippen LogP contribution in [0.15, 0.2) is 39.3 Å². The van der Waals surface area contributed by atoms with E-state index in [1.54, 1.807) is 26.0 Å². The molecule has 0 aromatic heterocycles. The van der Waals surface area contributed by atoms with Crippen LogP contribution in [0.1, 0.15) is 59.7 Å². The maximum Gasteiger partial charge on any atom is 0.340 e. The van der Waals surface area contributed by atoms with Crippen molar-refractivity contribution < 1.29 is 29.6 Å². The Bertz CT molecular complexity index is 1260. The van der Waals surface area contributed by atoms with Crippen molar-refractivity contribution in [2.24, 2.45) is 0 Å². The summed E-state index contributed by atoms with van der Waals surface area (Å²) in [4.78, 5) is 25.0. The molecule has 4 rings (SSSR count). The summed E-state index contributed by atoms with van der Waals surface area (Å²) in [5, 5.41) is 31.1. The number of ether oxygens (including phenoxy) is 1. The second-order valence-corrected chi connectivity index (χ2v) is 9.85. The zero-order chi connectivity index (χ0) is 24.4. The number of phenolic OH excluding ortho intramolecular Hbond substituents is 2. The van der Waals surface area contributed by atoms with Gasteiger partial charge in [0.05, 0.1) is 11.1 Å². The van der Waals surface area contributed by atoms with Gasteiger partial charge in [-0.25, -0.2) is 9.59 Å². The van der Waals surface area contributed by atoms with E-state index in [0.717, 1.165) is 0 Å². The highest BCUT2D eigenvalue weighted by molar-refractivity contribution is 9.10. The van der Waals surface area contributed by atoms with Crippen molar-refractivity contribution in [3.05, 3.63) is 89.3 Å². The van der Waals surface area contributed by atoms with Crippen molar-refractivity contribution in [3.63, 3.8) is 0 Å². The number of cyclic esters (lactones) is 1. The average molecular weight is 576 g/mol. The molecule has 0 bridgehead atoms. The third-order valence-corrected chi connectivity index (χ3v) is 7.97. The minimum Gasteiger partial charge on any atom is -0.508 e. The molecule has 3 aromatic rings. The van der Waals surface area contributed by atoms with Crippen LogP contribution in [0.4, 0.5) is 0 Å². The summed E-state index contributed by atoms with van der Waals surface area (Å²) in [5.74, 6) is -1.81. The van der Waals surface area contributed by atoms with Crippen molar-refractivity contribution in [1.29, 1.82) is 0 Å². The number of hydrogen-bond acceptors (Lipinski definition) is 5. The molecule has 0 saturated heterocycles. The molecule has 8 heteroatoms. The van der Waals surface area contributed by atoms with E-state index in [1.807, 2.05) is 13.8 Å². The standard InChI is InChI=1S/C25H20Br2O6/c1-10-17(26)8-19(28)12(3)21(10)25(22-11(2)18(27)9-20(29)13(22)4)16-7-14(23(30)31)5-6-15(16)24(32)33-25/h5-9,28-29H,1-4H3,(H,30,31). The third kappa shape index (κ3) is 3.27. The summed E-state index contributed by atoms with van der Waals surface area (Å²) >= 11 is 6.96. The summed E-state index contributed by atoms with van der Waals surface area (Å²) < 4.78 is 7.36. The van der Waals surface area contributed by atoms with E-state index in [0.29, 0.717) is 47.9 Å². The van der Waals surface area contributed by atoms with Gasteiger partial charge >= 0.3 is 11.9 Å². The molecule has 0 aliphatic carbocycles. The number of aromatic hydroxyl groups is 2. The van der Waals surface area contributed by atoms with E-state index in [4.69, 9.17) is 4.74 Å². The van der Waals surface area contributed by atoms with Gasteiger partial charge in [-0.3, -0.25) is 0 Å². The Morgan fingerprint density at radius 3 is 1.79 bits per heavy atom. The van der Waals surface area contributed by atoms with Crippen molar-refractivity contribution in [2.75, 3.05) is 0 Å². The minimum atomic E-state index is -1.61. The monoisotopic (exact) mass is 574 g/mol. The number of carbonyl (C=O) groups is 2. The van der Waals surface area contributed by atoms with Crippen LogP contribution in [0.2, 0.25) is 0 Å². The number of phenols is 2. The van der Waals surface area contributed by atoms with Crippen LogP contribution in [0, 0.1) is 27.7 Å². The molecule has 170 valence electrons. The van der Waals surface area contributed by atoms with E-state index < -0.39 is 17.5 Å². The number of carboxylic acid groups (broad SMARTS) is 1. The molecule has 1 aliphatic heterocycles. The second-order valence-electron chi connectivity index (χ2n) is 8.14. The first-order valence-corrected chi connectivity index (χ1v) is 11.6. The highest BCUT2D eigenvalue weighted by atomic mass is 79.9. The van der Waals surface area contributed by atoms with Gasteiger partial charge in [0.15, 0.2) is 5.60 Å². The number of halogens is 2. The lowest BCUT2D eigenvalue weighted by molar-refractivity contribution is 0.0243. The van der Waals surface area contributed by atoms with Crippen molar-refractivity contribution >= 4 is 43.8 Å². The highest BCUT2D eigenvalue weighted by Gasteiger charge is 2.53. The van der Waals surface area contributed by atoms with Crippen LogP contribution in [0.5, 0.6) is 11.5 Å². The second kappa shape index (κ2) is 7.88. The first-order chi connectivity index (χ1) is 15.4. The van der Waals surface area contributed by atoms with E-state index in [1.165, 1.54) is 18.2 Å². The fourth-order valence-corrected chi connectivity index (χ4v) is 5.51.